The average Bonchev–Trinajstić information content (AvgIpc) is 3.99. The van der Waals surface area contributed by atoms with Gasteiger partial charge in [0.25, 0.3) is 0 Å². The minimum Gasteiger partial charge on any atom is -0.278 e. The maximum atomic E-state index is 5.53. The van der Waals surface area contributed by atoms with Crippen molar-refractivity contribution in [3.05, 3.63) is 206 Å². The van der Waals surface area contributed by atoms with E-state index in [2.05, 4.69) is 220 Å². The lowest BCUT2D eigenvalue weighted by Crippen LogP contribution is -2.13. The molecule has 14 rings (SSSR count). The highest BCUT2D eigenvalue weighted by Crippen LogP contribution is 2.51. The van der Waals surface area contributed by atoms with Crippen LogP contribution in [0, 0.1) is 0 Å². The summed E-state index contributed by atoms with van der Waals surface area (Å²) in [6.45, 7) is 0. The molecule has 0 amide bonds. The highest BCUT2D eigenvalue weighted by atomic mass is 15.3. The van der Waals surface area contributed by atoms with Gasteiger partial charge in [-0.2, -0.15) is 15.0 Å². The van der Waals surface area contributed by atoms with Gasteiger partial charge in [-0.25, -0.2) is 0 Å². The van der Waals surface area contributed by atoms with Gasteiger partial charge in [-0.05, 0) is 75.3 Å². The molecular weight excluding hydrogens is 769 g/mol. The van der Waals surface area contributed by atoms with Gasteiger partial charge in [0.15, 0.2) is 0 Å². The molecule has 63 heavy (non-hydrogen) atoms. The van der Waals surface area contributed by atoms with Gasteiger partial charge in [0.1, 0.15) is 0 Å². The van der Waals surface area contributed by atoms with Crippen LogP contribution in [0.2, 0.25) is 0 Å². The van der Waals surface area contributed by atoms with Crippen molar-refractivity contribution in [1.29, 1.82) is 0 Å². The summed E-state index contributed by atoms with van der Waals surface area (Å²) in [5, 5.41) is 6.85. The van der Waals surface area contributed by atoms with Crippen molar-refractivity contribution >= 4 is 65.4 Å². The molecule has 0 N–H and O–H groups in total. The molecule has 1 aliphatic carbocycles. The number of hydrogen-bond donors (Lipinski definition) is 0. The number of rotatable bonds is 3. The fourth-order valence-corrected chi connectivity index (χ4v) is 10.5. The van der Waals surface area contributed by atoms with Gasteiger partial charge < -0.3 is 0 Å². The van der Waals surface area contributed by atoms with E-state index in [4.69, 9.17) is 15.0 Å². The van der Waals surface area contributed by atoms with Gasteiger partial charge in [0, 0.05) is 37.9 Å². The molecule has 6 heteroatoms. The molecule has 1 aliphatic rings. The minimum atomic E-state index is 0.537. The van der Waals surface area contributed by atoms with Crippen molar-refractivity contribution in [2.75, 3.05) is 0 Å². The maximum absolute atomic E-state index is 5.53. The Labute approximate surface area is 361 Å². The van der Waals surface area contributed by atoms with Crippen LogP contribution in [-0.4, -0.2) is 28.7 Å². The second-order valence-corrected chi connectivity index (χ2v) is 16.3. The summed E-state index contributed by atoms with van der Waals surface area (Å²) >= 11 is 0. The van der Waals surface area contributed by atoms with E-state index in [-0.39, 0.29) is 0 Å². The molecule has 0 aliphatic heterocycles. The summed E-state index contributed by atoms with van der Waals surface area (Å²) in [5.74, 6) is 1.62. The first-order valence-corrected chi connectivity index (χ1v) is 21.4. The molecule has 4 aromatic heterocycles. The molecule has 6 nitrogen and oxygen atoms in total. The Kier molecular flexibility index (Phi) is 7.02. The second-order valence-electron chi connectivity index (χ2n) is 16.3. The summed E-state index contributed by atoms with van der Waals surface area (Å²) < 4.78 is 6.64. The lowest BCUT2D eigenvalue weighted by Gasteiger charge is -2.24. The van der Waals surface area contributed by atoms with E-state index >= 15 is 0 Å². The van der Waals surface area contributed by atoms with Gasteiger partial charge in [-0.15, -0.1) is 0 Å². The number of aromatic nitrogens is 6. The Morgan fingerprint density at radius 1 is 0.222 bits per heavy atom. The lowest BCUT2D eigenvalue weighted by molar-refractivity contribution is 0.848. The van der Waals surface area contributed by atoms with Crippen LogP contribution in [0.25, 0.3) is 128 Å². The largest absolute Gasteiger partial charge is 0.278 e. The van der Waals surface area contributed by atoms with E-state index in [1.807, 2.05) is 0 Å². The molecule has 0 fully saturated rings. The molecule has 13 aromatic rings. The summed E-state index contributed by atoms with van der Waals surface area (Å²) in [5.41, 5.74) is 15.8. The number of nitrogens with zero attached hydrogens (tertiary/aromatic N) is 6. The van der Waals surface area contributed by atoms with Crippen LogP contribution in [0.5, 0.6) is 0 Å². The second kappa shape index (κ2) is 12.9. The number of benzene rings is 9. The van der Waals surface area contributed by atoms with Gasteiger partial charge in [0.05, 0.1) is 33.1 Å². The SMILES string of the molecule is c1ccc2c(c1)-c1ccccc1-c1ccc3c(c1-c1ccccc1-2)c1ccccc1n3-c1nc(-n2c3ccccc3c3ccccc32)nc(-n2c3ccccc3c3ccccc32)n1. The van der Waals surface area contributed by atoms with Crippen molar-refractivity contribution in [3.8, 4) is 62.4 Å². The Morgan fingerprint density at radius 3 is 0.921 bits per heavy atom. The predicted octanol–water partition coefficient (Wildman–Crippen LogP) is 14.1. The Balaban J connectivity index is 1.14. The molecule has 0 radical (unpaired) electrons. The molecule has 292 valence electrons. The van der Waals surface area contributed by atoms with Crippen LogP contribution in [0.15, 0.2) is 206 Å². The Morgan fingerprint density at radius 2 is 0.508 bits per heavy atom. The number of hydrogen-bond acceptors (Lipinski definition) is 3. The molecule has 0 bridgehead atoms. The standard InChI is InChI=1S/C57H34N6/c1-2-18-36-35(17-1)37-19-3-4-21-39(37)45-33-34-52-54(53(45)44-26-6-5-20-38(36)44)46-27-11-16-32-51(46)63(52)57-59-55(61-47-28-12-7-22-40(47)41-23-8-13-29-48(41)61)58-56(60-57)62-49-30-14-9-24-42(49)43-25-10-15-31-50(43)62/h1-34H. The first kappa shape index (κ1) is 34.1. The van der Waals surface area contributed by atoms with E-state index < -0.39 is 0 Å². The molecular formula is C57H34N6. The van der Waals surface area contributed by atoms with Crippen molar-refractivity contribution in [3.63, 3.8) is 0 Å². The molecule has 4 heterocycles. The molecule has 0 saturated carbocycles. The summed E-state index contributed by atoms with van der Waals surface area (Å²) in [6.07, 6.45) is 0. The highest BCUT2D eigenvalue weighted by Gasteiger charge is 2.28. The number of para-hydroxylation sites is 5. The third-order valence-electron chi connectivity index (χ3n) is 13.1. The fourth-order valence-electron chi connectivity index (χ4n) is 10.5. The molecule has 0 spiro atoms. The predicted molar refractivity (Wildman–Crippen MR) is 258 cm³/mol. The third-order valence-corrected chi connectivity index (χ3v) is 13.1. The van der Waals surface area contributed by atoms with Crippen molar-refractivity contribution in [2.45, 2.75) is 0 Å². The van der Waals surface area contributed by atoms with E-state index in [0.29, 0.717) is 17.8 Å². The van der Waals surface area contributed by atoms with Crippen LogP contribution < -0.4 is 0 Å². The number of fused-ring (bicyclic) bond motifs is 18. The molecule has 0 unspecified atom stereocenters. The van der Waals surface area contributed by atoms with Crippen molar-refractivity contribution in [1.82, 2.24) is 28.7 Å². The first-order valence-electron chi connectivity index (χ1n) is 21.4. The first-order chi connectivity index (χ1) is 31.3. The zero-order chi connectivity index (χ0) is 41.2. The third kappa shape index (κ3) is 4.74. The lowest BCUT2D eigenvalue weighted by atomic mass is 9.79. The smallest absolute Gasteiger partial charge is 0.241 e. The van der Waals surface area contributed by atoms with Gasteiger partial charge in [-0.1, -0.05) is 170 Å². The monoisotopic (exact) mass is 802 g/mol. The normalized spacial score (nSPS) is 12.1. The van der Waals surface area contributed by atoms with Crippen molar-refractivity contribution in [2.24, 2.45) is 0 Å². The fraction of sp³-hybridized carbons (Fsp3) is 0. The van der Waals surface area contributed by atoms with Crippen LogP contribution >= 0.6 is 0 Å². The van der Waals surface area contributed by atoms with Crippen LogP contribution in [0.4, 0.5) is 0 Å². The maximum Gasteiger partial charge on any atom is 0.241 e. The minimum absolute atomic E-state index is 0.537. The topological polar surface area (TPSA) is 53.5 Å². The van der Waals surface area contributed by atoms with Crippen LogP contribution in [0.1, 0.15) is 0 Å². The van der Waals surface area contributed by atoms with E-state index in [0.717, 1.165) is 65.4 Å². The van der Waals surface area contributed by atoms with E-state index in [1.165, 1.54) is 44.5 Å². The van der Waals surface area contributed by atoms with Gasteiger partial charge in [-0.3, -0.25) is 13.7 Å². The van der Waals surface area contributed by atoms with Crippen LogP contribution in [0.3, 0.4) is 0 Å². The Hall–Kier alpha value is -8.61. The quantitative estimate of drug-likeness (QED) is 0.179. The van der Waals surface area contributed by atoms with E-state index in [1.54, 1.807) is 0 Å². The van der Waals surface area contributed by atoms with Crippen molar-refractivity contribution < 1.29 is 0 Å². The highest BCUT2D eigenvalue weighted by molar-refractivity contribution is 6.21. The molecule has 9 aromatic carbocycles. The zero-order valence-corrected chi connectivity index (χ0v) is 33.8. The zero-order valence-electron chi connectivity index (χ0n) is 33.8. The Bertz CT molecular complexity index is 3810. The van der Waals surface area contributed by atoms with Crippen LogP contribution in [-0.2, 0) is 0 Å². The summed E-state index contributed by atoms with van der Waals surface area (Å²) in [4.78, 5) is 16.5. The average molecular weight is 803 g/mol. The van der Waals surface area contributed by atoms with Gasteiger partial charge >= 0.3 is 0 Å². The summed E-state index contributed by atoms with van der Waals surface area (Å²) in [7, 11) is 0. The van der Waals surface area contributed by atoms with Gasteiger partial charge in [0.2, 0.25) is 17.8 Å². The summed E-state index contributed by atoms with van der Waals surface area (Å²) in [6, 6.07) is 73.9. The molecule has 0 atom stereocenters. The molecule has 0 saturated heterocycles. The van der Waals surface area contributed by atoms with E-state index in [9.17, 15) is 0 Å².